The number of hydrogen-bond donors (Lipinski definition) is 0. The van der Waals surface area contributed by atoms with Crippen molar-refractivity contribution in [1.29, 1.82) is 0 Å². The zero-order chi connectivity index (χ0) is 22.7. The molecule has 2 aliphatic rings. The number of aromatic nitrogens is 1. The molecule has 0 unspecified atom stereocenters. The van der Waals surface area contributed by atoms with E-state index in [9.17, 15) is 0 Å². The van der Waals surface area contributed by atoms with Crippen LogP contribution in [-0.2, 0) is 12.8 Å². The molecule has 5 aromatic carbocycles. The molecule has 7 aromatic rings. The maximum Gasteiger partial charge on any atom is 0.0616 e. The Morgan fingerprint density at radius 3 is 2.14 bits per heavy atom. The van der Waals surface area contributed by atoms with E-state index in [0.717, 1.165) is 12.8 Å². The molecule has 0 saturated heterocycles. The van der Waals surface area contributed by atoms with Gasteiger partial charge in [0.15, 0.2) is 0 Å². The van der Waals surface area contributed by atoms with Gasteiger partial charge in [-0.05, 0) is 57.2 Å². The minimum absolute atomic E-state index is 0.997. The summed E-state index contributed by atoms with van der Waals surface area (Å²) in [6, 6.07) is 36.3. The highest BCUT2D eigenvalue weighted by Gasteiger charge is 2.27. The molecule has 0 bridgehead atoms. The van der Waals surface area contributed by atoms with E-state index in [1.807, 2.05) is 0 Å². The van der Waals surface area contributed by atoms with Crippen molar-refractivity contribution in [2.45, 2.75) is 12.8 Å². The monoisotopic (exact) mass is 443 g/mol. The van der Waals surface area contributed by atoms with Gasteiger partial charge in [-0.15, -0.1) is 0 Å². The van der Waals surface area contributed by atoms with Crippen molar-refractivity contribution >= 4 is 38.0 Å². The van der Waals surface area contributed by atoms with Gasteiger partial charge in [-0.3, -0.25) is 0 Å². The lowest BCUT2D eigenvalue weighted by Crippen LogP contribution is -1.96. The van der Waals surface area contributed by atoms with Crippen molar-refractivity contribution in [2.24, 2.45) is 0 Å². The van der Waals surface area contributed by atoms with Crippen LogP contribution in [0.1, 0.15) is 22.3 Å². The van der Waals surface area contributed by atoms with Crippen LogP contribution in [0.4, 0.5) is 0 Å². The normalized spacial score (nSPS) is 13.5. The highest BCUT2D eigenvalue weighted by molar-refractivity contribution is 6.24. The highest BCUT2D eigenvalue weighted by Crippen LogP contribution is 2.48. The summed E-state index contributed by atoms with van der Waals surface area (Å²) in [4.78, 5) is 0. The summed E-state index contributed by atoms with van der Waals surface area (Å²) >= 11 is 0. The van der Waals surface area contributed by atoms with Crippen LogP contribution in [0.5, 0.6) is 0 Å². The zero-order valence-electron chi connectivity index (χ0n) is 19.2. The number of fused-ring (bicyclic) bond motifs is 16. The fraction of sp³-hybridized carbons (Fsp3) is 0.0588. The molecule has 2 aromatic heterocycles. The predicted octanol–water partition coefficient (Wildman–Crippen LogP) is 8.54. The van der Waals surface area contributed by atoms with Gasteiger partial charge >= 0.3 is 0 Å². The zero-order valence-corrected chi connectivity index (χ0v) is 19.2. The summed E-state index contributed by atoms with van der Waals surface area (Å²) in [6.45, 7) is 0. The van der Waals surface area contributed by atoms with Gasteiger partial charge in [0.05, 0.1) is 11.0 Å². The summed E-state index contributed by atoms with van der Waals surface area (Å²) in [5, 5.41) is 6.78. The van der Waals surface area contributed by atoms with Crippen LogP contribution in [0, 0.1) is 0 Å². The number of benzene rings is 5. The molecule has 0 saturated carbocycles. The van der Waals surface area contributed by atoms with Crippen molar-refractivity contribution in [3.05, 3.63) is 126 Å². The van der Waals surface area contributed by atoms with Crippen molar-refractivity contribution in [3.63, 3.8) is 0 Å². The van der Waals surface area contributed by atoms with Gasteiger partial charge in [0.25, 0.3) is 0 Å². The standard InChI is InChI=1S/C34H21N/c1-4-10-24-21(8-1)18-30-27(24)15-16-28-29-14-13-22-17-20-7-2-5-11-25(20)31(22)34(29)35-19-23-9-3-6-12-26(23)33(35)32(28)30/h1-16,19H,17-18H2. The van der Waals surface area contributed by atoms with E-state index in [1.54, 1.807) is 0 Å². The lowest BCUT2D eigenvalue weighted by molar-refractivity contribution is 1.25. The van der Waals surface area contributed by atoms with Crippen LogP contribution in [0.2, 0.25) is 0 Å². The molecule has 2 aliphatic carbocycles. The molecular weight excluding hydrogens is 422 g/mol. The summed E-state index contributed by atoms with van der Waals surface area (Å²) in [7, 11) is 0. The van der Waals surface area contributed by atoms with E-state index in [1.165, 1.54) is 82.5 Å². The Labute approximate surface area is 202 Å². The van der Waals surface area contributed by atoms with E-state index >= 15 is 0 Å². The molecule has 35 heavy (non-hydrogen) atoms. The average Bonchev–Trinajstić information content (AvgIpc) is 3.59. The fourth-order valence-corrected chi connectivity index (χ4v) is 6.97. The van der Waals surface area contributed by atoms with Crippen LogP contribution in [-0.4, -0.2) is 4.40 Å². The molecule has 2 heterocycles. The first-order chi connectivity index (χ1) is 17.4. The SMILES string of the molecule is c1ccc2c(c1)Cc1c-2ccc2c3ccc4c(c3n3cc5ccccc5c3c12)-c1ccccc1C4. The topological polar surface area (TPSA) is 4.41 Å². The van der Waals surface area contributed by atoms with E-state index < -0.39 is 0 Å². The molecule has 0 aliphatic heterocycles. The minimum Gasteiger partial charge on any atom is -0.314 e. The first-order valence-electron chi connectivity index (χ1n) is 12.5. The molecule has 0 radical (unpaired) electrons. The quantitative estimate of drug-likeness (QED) is 0.207. The van der Waals surface area contributed by atoms with Crippen LogP contribution in [0.15, 0.2) is 103 Å². The van der Waals surface area contributed by atoms with Crippen molar-refractivity contribution in [3.8, 4) is 22.3 Å². The Balaban J connectivity index is 1.56. The molecule has 0 fully saturated rings. The second kappa shape index (κ2) is 6.20. The van der Waals surface area contributed by atoms with Gasteiger partial charge in [-0.2, -0.15) is 0 Å². The molecule has 1 nitrogen and oxygen atoms in total. The van der Waals surface area contributed by atoms with Crippen LogP contribution in [0.3, 0.4) is 0 Å². The van der Waals surface area contributed by atoms with Crippen molar-refractivity contribution in [1.82, 2.24) is 4.40 Å². The molecule has 0 atom stereocenters. The Morgan fingerprint density at radius 1 is 0.486 bits per heavy atom. The van der Waals surface area contributed by atoms with Gasteiger partial charge in [0.1, 0.15) is 0 Å². The second-order valence-corrected chi connectivity index (χ2v) is 10.1. The first kappa shape index (κ1) is 18.0. The smallest absolute Gasteiger partial charge is 0.0616 e. The Morgan fingerprint density at radius 2 is 1.23 bits per heavy atom. The lowest BCUT2D eigenvalue weighted by Gasteiger charge is -2.16. The van der Waals surface area contributed by atoms with Crippen molar-refractivity contribution in [2.75, 3.05) is 0 Å². The number of rotatable bonds is 0. The van der Waals surface area contributed by atoms with Crippen molar-refractivity contribution < 1.29 is 0 Å². The molecular formula is C34H21N. The van der Waals surface area contributed by atoms with Gasteiger partial charge in [0.2, 0.25) is 0 Å². The third-order valence-corrected chi connectivity index (χ3v) is 8.41. The molecule has 162 valence electrons. The maximum absolute atomic E-state index is 2.52. The van der Waals surface area contributed by atoms with E-state index in [0.29, 0.717) is 0 Å². The summed E-state index contributed by atoms with van der Waals surface area (Å²) in [5.41, 5.74) is 14.1. The van der Waals surface area contributed by atoms with Gasteiger partial charge in [0, 0.05) is 33.3 Å². The molecule has 0 spiro atoms. The third kappa shape index (κ3) is 2.15. The maximum atomic E-state index is 2.52. The minimum atomic E-state index is 0.997. The highest BCUT2D eigenvalue weighted by atomic mass is 14.9. The number of nitrogens with zero attached hydrogens (tertiary/aromatic N) is 1. The summed E-state index contributed by atoms with van der Waals surface area (Å²) in [5.74, 6) is 0. The predicted molar refractivity (Wildman–Crippen MR) is 146 cm³/mol. The first-order valence-corrected chi connectivity index (χ1v) is 12.5. The lowest BCUT2D eigenvalue weighted by atomic mass is 9.93. The molecule has 1 heteroatoms. The van der Waals surface area contributed by atoms with Crippen LogP contribution in [0.25, 0.3) is 60.2 Å². The largest absolute Gasteiger partial charge is 0.314 e. The average molecular weight is 444 g/mol. The Hall–Kier alpha value is -4.36. The summed E-state index contributed by atoms with van der Waals surface area (Å²) < 4.78 is 2.52. The van der Waals surface area contributed by atoms with Gasteiger partial charge < -0.3 is 4.40 Å². The second-order valence-electron chi connectivity index (χ2n) is 10.1. The van der Waals surface area contributed by atoms with E-state index in [4.69, 9.17) is 0 Å². The summed E-state index contributed by atoms with van der Waals surface area (Å²) in [6.07, 6.45) is 4.38. The molecule has 9 rings (SSSR count). The van der Waals surface area contributed by atoms with E-state index in [2.05, 4.69) is 108 Å². The van der Waals surface area contributed by atoms with Gasteiger partial charge in [-0.1, -0.05) is 97.1 Å². The fourth-order valence-electron chi connectivity index (χ4n) is 6.97. The number of pyridine rings is 1. The van der Waals surface area contributed by atoms with Crippen LogP contribution < -0.4 is 0 Å². The van der Waals surface area contributed by atoms with Gasteiger partial charge in [-0.25, -0.2) is 0 Å². The molecule has 0 amide bonds. The third-order valence-electron chi connectivity index (χ3n) is 8.41. The van der Waals surface area contributed by atoms with Crippen LogP contribution >= 0.6 is 0 Å². The van der Waals surface area contributed by atoms with E-state index in [-0.39, 0.29) is 0 Å². The Bertz CT molecular complexity index is 2050. The Kier molecular flexibility index (Phi) is 3.19. The number of hydrogen-bond acceptors (Lipinski definition) is 0. The molecule has 0 N–H and O–H groups in total.